The minimum absolute atomic E-state index is 0.0237. The van der Waals surface area contributed by atoms with Crippen molar-refractivity contribution >= 4 is 33.4 Å². The molecule has 0 saturated heterocycles. The molecule has 1 aliphatic heterocycles. The molecular weight excluding hydrogens is 336 g/mol. The molecule has 3 rings (SSSR count). The zero-order chi connectivity index (χ0) is 16.4. The Labute approximate surface area is 141 Å². The third kappa shape index (κ3) is 3.02. The van der Waals surface area contributed by atoms with Crippen molar-refractivity contribution in [2.75, 3.05) is 7.11 Å². The van der Waals surface area contributed by atoms with Gasteiger partial charge < -0.3 is 9.47 Å². The lowest BCUT2D eigenvalue weighted by Crippen LogP contribution is -2.07. The van der Waals surface area contributed by atoms with Gasteiger partial charge in [0.15, 0.2) is 0 Å². The van der Waals surface area contributed by atoms with Crippen molar-refractivity contribution in [3.8, 4) is 5.75 Å². The standard InChI is InChI=1S/C17H13ClO4S/c1-21-17(19)16-15(18)13-9-12(7-8-14(13)23(16)20)22-10-11-5-3-2-4-6-11/h2-9H,10H2,1H3. The maximum atomic E-state index is 12.3. The first-order chi connectivity index (χ1) is 11.1. The summed E-state index contributed by atoms with van der Waals surface area (Å²) in [6.45, 7) is 0.411. The lowest BCUT2D eigenvalue weighted by Gasteiger charge is -2.08. The molecule has 0 amide bonds. The fourth-order valence-electron chi connectivity index (χ4n) is 2.24. The largest absolute Gasteiger partial charge is 0.489 e. The number of halogens is 1. The van der Waals surface area contributed by atoms with Gasteiger partial charge >= 0.3 is 5.97 Å². The first kappa shape index (κ1) is 15.8. The van der Waals surface area contributed by atoms with Gasteiger partial charge in [-0.3, -0.25) is 0 Å². The fraction of sp³-hybridized carbons (Fsp3) is 0.118. The second kappa shape index (κ2) is 6.56. The summed E-state index contributed by atoms with van der Waals surface area (Å²) in [4.78, 5) is 12.2. The first-order valence-electron chi connectivity index (χ1n) is 6.83. The van der Waals surface area contributed by atoms with E-state index in [1.54, 1.807) is 18.2 Å². The highest BCUT2D eigenvalue weighted by Gasteiger charge is 2.33. The predicted octanol–water partition coefficient (Wildman–Crippen LogP) is 3.47. The second-order valence-electron chi connectivity index (χ2n) is 4.84. The first-order valence-corrected chi connectivity index (χ1v) is 8.35. The van der Waals surface area contributed by atoms with E-state index in [9.17, 15) is 9.00 Å². The number of rotatable bonds is 4. The third-order valence-electron chi connectivity index (χ3n) is 3.39. The van der Waals surface area contributed by atoms with Gasteiger partial charge in [-0.15, -0.1) is 0 Å². The Morgan fingerprint density at radius 2 is 1.91 bits per heavy atom. The average molecular weight is 349 g/mol. The van der Waals surface area contributed by atoms with Crippen LogP contribution in [0.1, 0.15) is 11.1 Å². The quantitative estimate of drug-likeness (QED) is 0.794. The number of carbonyl (C=O) groups excluding carboxylic acids is 1. The van der Waals surface area contributed by atoms with Crippen LogP contribution in [0.2, 0.25) is 0 Å². The van der Waals surface area contributed by atoms with Crippen LogP contribution in [0.25, 0.3) is 5.03 Å². The Hall–Kier alpha value is -2.11. The van der Waals surface area contributed by atoms with E-state index >= 15 is 0 Å². The Kier molecular flexibility index (Phi) is 4.50. The Balaban J connectivity index is 1.86. The summed E-state index contributed by atoms with van der Waals surface area (Å²) < 4.78 is 22.7. The molecular formula is C17H13ClO4S. The molecule has 1 aliphatic rings. The van der Waals surface area contributed by atoms with E-state index in [1.165, 1.54) is 7.11 Å². The van der Waals surface area contributed by atoms with Crippen LogP contribution in [0, 0.1) is 0 Å². The molecule has 2 aromatic rings. The van der Waals surface area contributed by atoms with Crippen molar-refractivity contribution in [1.29, 1.82) is 0 Å². The molecule has 1 unspecified atom stereocenters. The zero-order valence-electron chi connectivity index (χ0n) is 12.2. The second-order valence-corrected chi connectivity index (χ2v) is 6.60. The van der Waals surface area contributed by atoms with Gasteiger partial charge in [0.25, 0.3) is 0 Å². The van der Waals surface area contributed by atoms with E-state index in [0.717, 1.165) is 5.56 Å². The summed E-state index contributed by atoms with van der Waals surface area (Å²) in [6, 6.07) is 14.8. The lowest BCUT2D eigenvalue weighted by atomic mass is 10.2. The van der Waals surface area contributed by atoms with Crippen molar-refractivity contribution in [1.82, 2.24) is 0 Å². The molecule has 23 heavy (non-hydrogen) atoms. The maximum Gasteiger partial charge on any atom is 0.348 e. The highest BCUT2D eigenvalue weighted by molar-refractivity contribution is 7.91. The number of hydrogen-bond acceptors (Lipinski definition) is 4. The van der Waals surface area contributed by atoms with Crippen molar-refractivity contribution < 1.29 is 18.5 Å². The van der Waals surface area contributed by atoms with Crippen molar-refractivity contribution in [3.63, 3.8) is 0 Å². The topological polar surface area (TPSA) is 52.6 Å². The number of esters is 1. The summed E-state index contributed by atoms with van der Waals surface area (Å²) in [6.07, 6.45) is 0. The summed E-state index contributed by atoms with van der Waals surface area (Å²) in [7, 11) is -0.396. The molecule has 0 saturated carbocycles. The van der Waals surface area contributed by atoms with Crippen LogP contribution in [-0.2, 0) is 26.9 Å². The highest BCUT2D eigenvalue weighted by atomic mass is 35.5. The SMILES string of the molecule is COC(=O)C1=C(Cl)c2cc(OCc3ccccc3)ccc2S1=O. The molecule has 0 N–H and O–H groups in total. The third-order valence-corrected chi connectivity index (χ3v) is 5.39. The van der Waals surface area contributed by atoms with Crippen LogP contribution in [0.4, 0.5) is 0 Å². The van der Waals surface area contributed by atoms with Crippen LogP contribution < -0.4 is 4.74 Å². The van der Waals surface area contributed by atoms with Crippen LogP contribution in [0.15, 0.2) is 58.3 Å². The number of methoxy groups -OCH3 is 1. The van der Waals surface area contributed by atoms with Crippen molar-refractivity contribution in [2.24, 2.45) is 0 Å². The molecule has 0 bridgehead atoms. The normalized spacial score (nSPS) is 16.2. The number of fused-ring (bicyclic) bond motifs is 1. The summed E-state index contributed by atoms with van der Waals surface area (Å²) in [5.41, 5.74) is 1.57. The van der Waals surface area contributed by atoms with Crippen molar-refractivity contribution in [3.05, 3.63) is 64.6 Å². The number of carbonyl (C=O) groups is 1. The molecule has 2 aromatic carbocycles. The lowest BCUT2D eigenvalue weighted by molar-refractivity contribution is -0.135. The van der Waals surface area contributed by atoms with Gasteiger partial charge in [0.2, 0.25) is 0 Å². The van der Waals surface area contributed by atoms with Gasteiger partial charge in [-0.05, 0) is 23.8 Å². The Bertz CT molecular complexity index is 815. The fourth-order valence-corrected chi connectivity index (χ4v) is 4.02. The van der Waals surface area contributed by atoms with Gasteiger partial charge in [-0.2, -0.15) is 0 Å². The monoisotopic (exact) mass is 348 g/mol. The highest BCUT2D eigenvalue weighted by Crippen LogP contribution is 2.41. The van der Waals surface area contributed by atoms with E-state index in [1.807, 2.05) is 30.3 Å². The molecule has 0 spiro atoms. The number of benzene rings is 2. The van der Waals surface area contributed by atoms with Crippen LogP contribution in [0.5, 0.6) is 5.75 Å². The van der Waals surface area contributed by atoms with E-state index in [-0.39, 0.29) is 9.94 Å². The van der Waals surface area contributed by atoms with Gasteiger partial charge in [0, 0.05) is 5.56 Å². The zero-order valence-corrected chi connectivity index (χ0v) is 13.8. The molecule has 0 aromatic heterocycles. The Morgan fingerprint density at radius 3 is 2.61 bits per heavy atom. The summed E-state index contributed by atoms with van der Waals surface area (Å²) in [5.74, 6) is -0.0924. The van der Waals surface area contributed by atoms with Gasteiger partial charge in [0.05, 0.1) is 27.8 Å². The summed E-state index contributed by atoms with van der Waals surface area (Å²) in [5, 5.41) is 0.148. The smallest absolute Gasteiger partial charge is 0.348 e. The summed E-state index contributed by atoms with van der Waals surface area (Å²) >= 11 is 6.20. The molecule has 118 valence electrons. The maximum absolute atomic E-state index is 12.3. The van der Waals surface area contributed by atoms with Gasteiger partial charge in [0.1, 0.15) is 17.3 Å². The molecule has 4 nitrogen and oxygen atoms in total. The Morgan fingerprint density at radius 1 is 1.17 bits per heavy atom. The molecule has 1 heterocycles. The minimum atomic E-state index is -1.63. The van der Waals surface area contributed by atoms with Crippen LogP contribution in [0.3, 0.4) is 0 Å². The van der Waals surface area contributed by atoms with Crippen LogP contribution in [-0.4, -0.2) is 17.3 Å². The van der Waals surface area contributed by atoms with Crippen LogP contribution >= 0.6 is 11.6 Å². The average Bonchev–Trinajstić information content (AvgIpc) is 2.84. The van der Waals surface area contributed by atoms with E-state index in [4.69, 9.17) is 16.3 Å². The van der Waals surface area contributed by atoms with E-state index in [2.05, 4.69) is 4.74 Å². The van der Waals surface area contributed by atoms with E-state index < -0.39 is 16.8 Å². The van der Waals surface area contributed by atoms with Gasteiger partial charge in [-0.25, -0.2) is 9.00 Å². The predicted molar refractivity (Wildman–Crippen MR) is 88.4 cm³/mol. The molecule has 0 fully saturated rings. The molecule has 0 radical (unpaired) electrons. The minimum Gasteiger partial charge on any atom is -0.489 e. The number of hydrogen-bond donors (Lipinski definition) is 0. The molecule has 6 heteroatoms. The number of ether oxygens (including phenoxy) is 2. The molecule has 0 aliphatic carbocycles. The molecule has 1 atom stereocenters. The van der Waals surface area contributed by atoms with E-state index in [0.29, 0.717) is 22.8 Å². The van der Waals surface area contributed by atoms with Gasteiger partial charge in [-0.1, -0.05) is 41.9 Å². The van der Waals surface area contributed by atoms with Crippen molar-refractivity contribution in [2.45, 2.75) is 11.5 Å².